The number of hydrogen-bond donors (Lipinski definition) is 0. The molecule has 7 heteroatoms. The van der Waals surface area contributed by atoms with Crippen molar-refractivity contribution < 1.29 is 18.8 Å². The first-order chi connectivity index (χ1) is 13.2. The summed E-state index contributed by atoms with van der Waals surface area (Å²) < 4.78 is 16.7. The number of nitrogens with zero attached hydrogens (tertiary/aromatic N) is 2. The van der Waals surface area contributed by atoms with E-state index in [2.05, 4.69) is 26.1 Å². The van der Waals surface area contributed by atoms with Gasteiger partial charge >= 0.3 is 5.97 Å². The lowest BCUT2D eigenvalue weighted by Gasteiger charge is -2.06. The Morgan fingerprint density at radius 1 is 1.22 bits per heavy atom. The second-order valence-electron chi connectivity index (χ2n) is 5.43. The molecule has 138 valence electrons. The molecule has 0 fully saturated rings. The highest BCUT2D eigenvalue weighted by Crippen LogP contribution is 2.21. The highest BCUT2D eigenvalue weighted by molar-refractivity contribution is 9.10. The molecule has 0 unspecified atom stereocenters. The molecule has 0 amide bonds. The second kappa shape index (κ2) is 9.14. The van der Waals surface area contributed by atoms with E-state index in [4.69, 9.17) is 14.0 Å². The molecule has 2 aromatic carbocycles. The molecule has 3 rings (SSSR count). The van der Waals surface area contributed by atoms with E-state index in [-0.39, 0.29) is 12.5 Å². The number of hydrogen-bond acceptors (Lipinski definition) is 6. The van der Waals surface area contributed by atoms with E-state index in [0.29, 0.717) is 18.2 Å². The van der Waals surface area contributed by atoms with Crippen molar-refractivity contribution in [1.29, 1.82) is 0 Å². The number of rotatable bonds is 7. The van der Waals surface area contributed by atoms with Crippen LogP contribution in [-0.2, 0) is 16.1 Å². The van der Waals surface area contributed by atoms with Crippen molar-refractivity contribution in [3.63, 3.8) is 0 Å². The predicted molar refractivity (Wildman–Crippen MR) is 104 cm³/mol. The third-order valence-electron chi connectivity index (χ3n) is 3.51. The van der Waals surface area contributed by atoms with Gasteiger partial charge in [0.15, 0.2) is 6.61 Å². The molecular formula is C20H17BrN2O4. The monoisotopic (exact) mass is 428 g/mol. The summed E-state index contributed by atoms with van der Waals surface area (Å²) in [4.78, 5) is 16.2. The molecule has 1 heterocycles. The fourth-order valence-corrected chi connectivity index (χ4v) is 2.70. The lowest BCUT2D eigenvalue weighted by molar-refractivity contribution is -0.139. The van der Waals surface area contributed by atoms with Gasteiger partial charge in [0.1, 0.15) is 5.75 Å². The molecule has 0 bridgehead atoms. The Hall–Kier alpha value is -2.93. The zero-order valence-corrected chi connectivity index (χ0v) is 16.2. The van der Waals surface area contributed by atoms with Crippen molar-refractivity contribution in [3.8, 4) is 17.1 Å². The maximum absolute atomic E-state index is 11.9. The number of esters is 1. The lowest BCUT2D eigenvalue weighted by atomic mass is 10.2. The molecule has 0 spiro atoms. The van der Waals surface area contributed by atoms with Gasteiger partial charge in [-0.15, -0.1) is 0 Å². The van der Waals surface area contributed by atoms with Crippen LogP contribution in [0.3, 0.4) is 0 Å². The summed E-state index contributed by atoms with van der Waals surface area (Å²) in [7, 11) is 0. The van der Waals surface area contributed by atoms with Crippen LogP contribution in [0.2, 0.25) is 0 Å². The minimum absolute atomic E-state index is 0.0999. The van der Waals surface area contributed by atoms with Gasteiger partial charge in [0.25, 0.3) is 5.89 Å². The molecular weight excluding hydrogens is 412 g/mol. The lowest BCUT2D eigenvalue weighted by Crippen LogP contribution is -2.01. The van der Waals surface area contributed by atoms with Gasteiger partial charge in [-0.3, -0.25) is 0 Å². The van der Waals surface area contributed by atoms with E-state index in [1.807, 2.05) is 55.5 Å². The van der Waals surface area contributed by atoms with E-state index in [1.54, 1.807) is 6.08 Å². The summed E-state index contributed by atoms with van der Waals surface area (Å²) in [5, 5.41) is 3.90. The molecule has 27 heavy (non-hydrogen) atoms. The van der Waals surface area contributed by atoms with Crippen molar-refractivity contribution in [2.24, 2.45) is 0 Å². The highest BCUT2D eigenvalue weighted by Gasteiger charge is 2.10. The third-order valence-corrected chi connectivity index (χ3v) is 4.00. The van der Waals surface area contributed by atoms with Gasteiger partial charge in [-0.05, 0) is 31.2 Å². The van der Waals surface area contributed by atoms with Gasteiger partial charge in [0.2, 0.25) is 5.82 Å². The van der Waals surface area contributed by atoms with Crippen LogP contribution in [0.5, 0.6) is 5.75 Å². The van der Waals surface area contributed by atoms with Crippen LogP contribution in [0.25, 0.3) is 17.5 Å². The first kappa shape index (κ1) is 18.8. The molecule has 0 aliphatic heterocycles. The van der Waals surface area contributed by atoms with E-state index in [1.165, 1.54) is 6.08 Å². The number of halogens is 1. The highest BCUT2D eigenvalue weighted by atomic mass is 79.9. The van der Waals surface area contributed by atoms with Crippen LogP contribution >= 0.6 is 15.9 Å². The summed E-state index contributed by atoms with van der Waals surface area (Å²) in [5.41, 5.74) is 1.60. The van der Waals surface area contributed by atoms with Crippen molar-refractivity contribution in [3.05, 3.63) is 70.5 Å². The number of benzene rings is 2. The van der Waals surface area contributed by atoms with Crippen LogP contribution in [0.4, 0.5) is 0 Å². The Morgan fingerprint density at radius 2 is 2.07 bits per heavy atom. The van der Waals surface area contributed by atoms with Gasteiger partial charge in [-0.1, -0.05) is 51.4 Å². The fourth-order valence-electron chi connectivity index (χ4n) is 2.30. The van der Waals surface area contributed by atoms with Crippen molar-refractivity contribution >= 4 is 28.0 Å². The van der Waals surface area contributed by atoms with Gasteiger partial charge in [0.05, 0.1) is 6.61 Å². The standard InChI is InChI=1S/C20H17BrN2O4/c1-2-25-17-9-4-3-6-14(17)10-11-19(24)26-13-18-22-20(23-27-18)15-7-5-8-16(21)12-15/h3-12H,2,13H2,1H3/b11-10+. The molecule has 0 aliphatic carbocycles. The van der Waals surface area contributed by atoms with Gasteiger partial charge < -0.3 is 14.0 Å². The maximum atomic E-state index is 11.9. The van der Waals surface area contributed by atoms with Gasteiger partial charge in [0, 0.05) is 21.7 Å². The summed E-state index contributed by atoms with van der Waals surface area (Å²) in [5.74, 6) is 0.855. The minimum Gasteiger partial charge on any atom is -0.493 e. The van der Waals surface area contributed by atoms with Crippen LogP contribution < -0.4 is 4.74 Å². The van der Waals surface area contributed by atoms with Crippen LogP contribution in [0, 0.1) is 0 Å². The topological polar surface area (TPSA) is 74.5 Å². The molecule has 0 N–H and O–H groups in total. The molecule has 6 nitrogen and oxygen atoms in total. The van der Waals surface area contributed by atoms with Crippen LogP contribution in [0.1, 0.15) is 18.4 Å². The molecule has 0 saturated carbocycles. The maximum Gasteiger partial charge on any atom is 0.331 e. The number of para-hydroxylation sites is 1. The van der Waals surface area contributed by atoms with E-state index in [0.717, 1.165) is 15.6 Å². The first-order valence-electron chi connectivity index (χ1n) is 8.31. The summed E-state index contributed by atoms with van der Waals surface area (Å²) in [6, 6.07) is 15.0. The predicted octanol–water partition coefficient (Wildman–Crippen LogP) is 4.65. The normalized spacial score (nSPS) is 10.9. The molecule has 0 atom stereocenters. The smallest absolute Gasteiger partial charge is 0.331 e. The molecule has 0 aliphatic rings. The zero-order chi connectivity index (χ0) is 19.1. The Balaban J connectivity index is 1.58. The van der Waals surface area contributed by atoms with Crippen molar-refractivity contribution in [2.45, 2.75) is 13.5 Å². The average Bonchev–Trinajstić information content (AvgIpc) is 3.15. The number of ether oxygens (including phenoxy) is 2. The van der Waals surface area contributed by atoms with Gasteiger partial charge in [-0.2, -0.15) is 4.98 Å². The summed E-state index contributed by atoms with van der Waals surface area (Å²) in [6.45, 7) is 2.35. The Bertz CT molecular complexity index is 952. The first-order valence-corrected chi connectivity index (χ1v) is 9.10. The fraction of sp³-hybridized carbons (Fsp3) is 0.150. The molecule has 0 saturated heterocycles. The SMILES string of the molecule is CCOc1ccccc1/C=C/C(=O)OCc1nc(-c2cccc(Br)c2)no1. The third kappa shape index (κ3) is 5.27. The Kier molecular flexibility index (Phi) is 6.38. The van der Waals surface area contributed by atoms with Crippen LogP contribution in [-0.4, -0.2) is 22.7 Å². The second-order valence-corrected chi connectivity index (χ2v) is 6.35. The van der Waals surface area contributed by atoms with Crippen molar-refractivity contribution in [2.75, 3.05) is 6.61 Å². The number of aromatic nitrogens is 2. The minimum atomic E-state index is -0.511. The van der Waals surface area contributed by atoms with Gasteiger partial charge in [-0.25, -0.2) is 4.79 Å². The largest absolute Gasteiger partial charge is 0.493 e. The molecule has 3 aromatic rings. The van der Waals surface area contributed by atoms with Crippen molar-refractivity contribution in [1.82, 2.24) is 10.1 Å². The zero-order valence-electron chi connectivity index (χ0n) is 14.6. The van der Waals surface area contributed by atoms with E-state index < -0.39 is 5.97 Å². The quantitative estimate of drug-likeness (QED) is 0.402. The molecule has 1 aromatic heterocycles. The molecule has 0 radical (unpaired) electrons. The van der Waals surface area contributed by atoms with E-state index >= 15 is 0 Å². The van der Waals surface area contributed by atoms with E-state index in [9.17, 15) is 4.79 Å². The Morgan fingerprint density at radius 3 is 2.89 bits per heavy atom. The average molecular weight is 429 g/mol. The Labute approximate surface area is 164 Å². The number of carbonyl (C=O) groups excluding carboxylic acids is 1. The summed E-state index contributed by atoms with van der Waals surface area (Å²) >= 11 is 3.40. The van der Waals surface area contributed by atoms with Crippen LogP contribution in [0.15, 0.2) is 63.6 Å². The number of carbonyl (C=O) groups is 1. The summed E-state index contributed by atoms with van der Waals surface area (Å²) in [6.07, 6.45) is 2.98.